The first-order valence-electron chi connectivity index (χ1n) is 8.45. The Morgan fingerprint density at radius 1 is 1.27 bits per heavy atom. The van der Waals surface area contributed by atoms with Crippen LogP contribution in [0.4, 0.5) is 11.5 Å². The van der Waals surface area contributed by atoms with Gasteiger partial charge in [0.05, 0.1) is 19.7 Å². The van der Waals surface area contributed by atoms with Crippen molar-refractivity contribution in [3.8, 4) is 0 Å². The number of aromatic nitrogens is 2. The van der Waals surface area contributed by atoms with Crippen LogP contribution in [0.3, 0.4) is 0 Å². The molecule has 0 atom stereocenters. The summed E-state index contributed by atoms with van der Waals surface area (Å²) in [4.78, 5) is 40.8. The Balaban J connectivity index is 2.54. The van der Waals surface area contributed by atoms with Gasteiger partial charge in [0, 0.05) is 13.5 Å². The zero-order chi connectivity index (χ0) is 19.1. The molecule has 1 aromatic carbocycles. The summed E-state index contributed by atoms with van der Waals surface area (Å²) in [5.41, 5.74) is 5.64. The minimum Gasteiger partial charge on any atom is -0.383 e. The van der Waals surface area contributed by atoms with Crippen LogP contribution in [0.1, 0.15) is 25.3 Å². The molecule has 0 radical (unpaired) electrons. The molecule has 26 heavy (non-hydrogen) atoms. The first-order chi connectivity index (χ1) is 12.5. The summed E-state index contributed by atoms with van der Waals surface area (Å²) in [6.45, 7) is 2.49. The van der Waals surface area contributed by atoms with Crippen molar-refractivity contribution < 1.29 is 9.53 Å². The summed E-state index contributed by atoms with van der Waals surface area (Å²) in [6, 6.07) is 9.29. The van der Waals surface area contributed by atoms with E-state index in [0.29, 0.717) is 6.42 Å². The third-order valence-corrected chi connectivity index (χ3v) is 3.95. The highest BCUT2D eigenvalue weighted by Gasteiger charge is 2.23. The second kappa shape index (κ2) is 9.00. The lowest BCUT2D eigenvalue weighted by Gasteiger charge is -2.24. The number of ether oxygens (including phenoxy) is 1. The molecule has 8 heteroatoms. The van der Waals surface area contributed by atoms with Crippen LogP contribution in [0.5, 0.6) is 0 Å². The number of hydrogen-bond donors (Lipinski definition) is 2. The van der Waals surface area contributed by atoms with Gasteiger partial charge in [0.25, 0.3) is 5.56 Å². The fourth-order valence-electron chi connectivity index (χ4n) is 2.65. The van der Waals surface area contributed by atoms with Crippen LogP contribution in [-0.4, -0.2) is 29.2 Å². The van der Waals surface area contributed by atoms with E-state index in [0.717, 1.165) is 5.56 Å². The van der Waals surface area contributed by atoms with Crippen molar-refractivity contribution in [3.63, 3.8) is 0 Å². The minimum atomic E-state index is -0.679. The summed E-state index contributed by atoms with van der Waals surface area (Å²) < 4.78 is 6.19. The number of carbonyl (C=O) groups is 1. The lowest BCUT2D eigenvalue weighted by atomic mass is 10.2. The van der Waals surface area contributed by atoms with E-state index in [2.05, 4.69) is 4.98 Å². The summed E-state index contributed by atoms with van der Waals surface area (Å²) in [5.74, 6) is -0.276. The molecule has 2 aromatic rings. The second-order valence-electron chi connectivity index (χ2n) is 5.85. The fraction of sp³-hybridized carbons (Fsp3) is 0.389. The fourth-order valence-corrected chi connectivity index (χ4v) is 2.65. The molecule has 0 aliphatic carbocycles. The van der Waals surface area contributed by atoms with Crippen LogP contribution in [-0.2, 0) is 22.6 Å². The Labute approximate surface area is 151 Å². The van der Waals surface area contributed by atoms with Crippen LogP contribution in [0, 0.1) is 0 Å². The van der Waals surface area contributed by atoms with E-state index in [1.54, 1.807) is 0 Å². The smallest absolute Gasteiger partial charge is 0.330 e. The molecule has 2 rings (SSSR count). The Kier molecular flexibility index (Phi) is 6.74. The minimum absolute atomic E-state index is 0.0111. The zero-order valence-electron chi connectivity index (χ0n) is 15.0. The predicted octanol–water partition coefficient (Wildman–Crippen LogP) is 1.10. The number of nitrogens with one attached hydrogen (secondary N) is 1. The lowest BCUT2D eigenvalue weighted by molar-refractivity contribution is -0.118. The van der Waals surface area contributed by atoms with Crippen LogP contribution < -0.4 is 21.9 Å². The largest absolute Gasteiger partial charge is 0.383 e. The van der Waals surface area contributed by atoms with E-state index in [1.807, 2.05) is 37.3 Å². The Morgan fingerprint density at radius 3 is 2.58 bits per heavy atom. The molecular formula is C18H24N4O4. The Morgan fingerprint density at radius 2 is 1.96 bits per heavy atom. The second-order valence-corrected chi connectivity index (χ2v) is 5.85. The van der Waals surface area contributed by atoms with E-state index >= 15 is 0 Å². The van der Waals surface area contributed by atoms with Gasteiger partial charge in [-0.1, -0.05) is 37.3 Å². The van der Waals surface area contributed by atoms with Crippen molar-refractivity contribution >= 4 is 17.4 Å². The molecule has 140 valence electrons. The molecule has 1 aromatic heterocycles. The first kappa shape index (κ1) is 19.5. The summed E-state index contributed by atoms with van der Waals surface area (Å²) in [5, 5.41) is 0. The van der Waals surface area contributed by atoms with E-state index in [-0.39, 0.29) is 43.5 Å². The highest BCUT2D eigenvalue weighted by Crippen LogP contribution is 2.20. The van der Waals surface area contributed by atoms with Gasteiger partial charge in [0.15, 0.2) is 5.69 Å². The normalized spacial score (nSPS) is 10.7. The van der Waals surface area contributed by atoms with Crippen LogP contribution in [0.2, 0.25) is 0 Å². The molecule has 0 spiro atoms. The van der Waals surface area contributed by atoms with Gasteiger partial charge in [0.1, 0.15) is 5.82 Å². The summed E-state index contributed by atoms with van der Waals surface area (Å²) in [6.07, 6.45) is 0.897. The summed E-state index contributed by atoms with van der Waals surface area (Å²) in [7, 11) is 1.50. The molecule has 0 saturated carbocycles. The maximum absolute atomic E-state index is 12.7. The molecule has 3 N–H and O–H groups in total. The van der Waals surface area contributed by atoms with Gasteiger partial charge >= 0.3 is 5.69 Å². The van der Waals surface area contributed by atoms with E-state index < -0.39 is 11.2 Å². The topological polar surface area (TPSA) is 110 Å². The van der Waals surface area contributed by atoms with Gasteiger partial charge in [-0.3, -0.25) is 19.1 Å². The average molecular weight is 360 g/mol. The van der Waals surface area contributed by atoms with Crippen LogP contribution in [0.25, 0.3) is 0 Å². The van der Waals surface area contributed by atoms with Gasteiger partial charge in [-0.2, -0.15) is 0 Å². The number of nitrogens with zero attached hydrogens (tertiary/aromatic N) is 2. The summed E-state index contributed by atoms with van der Waals surface area (Å²) >= 11 is 0. The van der Waals surface area contributed by atoms with Crippen LogP contribution >= 0.6 is 0 Å². The number of rotatable bonds is 8. The number of anilines is 2. The number of benzene rings is 1. The Hall–Kier alpha value is -2.87. The number of nitrogen functional groups attached to an aromatic ring is 1. The number of amides is 1. The number of methoxy groups -OCH3 is 1. The van der Waals surface area contributed by atoms with Gasteiger partial charge in [-0.25, -0.2) is 4.79 Å². The number of nitrogens with two attached hydrogens (primary N) is 1. The van der Waals surface area contributed by atoms with Gasteiger partial charge in [-0.05, 0) is 12.0 Å². The molecule has 1 heterocycles. The number of carbonyl (C=O) groups excluding carboxylic acids is 1. The first-order valence-corrected chi connectivity index (χ1v) is 8.45. The molecular weight excluding hydrogens is 336 g/mol. The number of aromatic amines is 1. The van der Waals surface area contributed by atoms with Crippen molar-refractivity contribution in [2.75, 3.05) is 24.4 Å². The third-order valence-electron chi connectivity index (χ3n) is 3.95. The van der Waals surface area contributed by atoms with Gasteiger partial charge in [0.2, 0.25) is 5.91 Å². The molecule has 0 bridgehead atoms. The van der Waals surface area contributed by atoms with Crippen molar-refractivity contribution in [1.29, 1.82) is 0 Å². The SMILES string of the molecule is CCCC(=O)N(Cc1ccccc1)c1c(N)n(CCOC)c(=O)[nH]c1=O. The number of H-pyrrole nitrogens is 1. The maximum Gasteiger partial charge on any atom is 0.330 e. The lowest BCUT2D eigenvalue weighted by Crippen LogP contribution is -2.41. The predicted molar refractivity (Wildman–Crippen MR) is 100 cm³/mol. The molecule has 0 saturated heterocycles. The highest BCUT2D eigenvalue weighted by atomic mass is 16.5. The molecule has 0 aliphatic heterocycles. The van der Waals surface area contributed by atoms with Crippen molar-refractivity contribution in [1.82, 2.24) is 9.55 Å². The van der Waals surface area contributed by atoms with E-state index in [4.69, 9.17) is 10.5 Å². The quantitative estimate of drug-likeness (QED) is 0.732. The third kappa shape index (κ3) is 4.40. The highest BCUT2D eigenvalue weighted by molar-refractivity contribution is 5.95. The van der Waals surface area contributed by atoms with E-state index in [9.17, 15) is 14.4 Å². The van der Waals surface area contributed by atoms with Crippen molar-refractivity contribution in [2.24, 2.45) is 0 Å². The van der Waals surface area contributed by atoms with Gasteiger partial charge < -0.3 is 15.4 Å². The Bertz CT molecular complexity index is 858. The number of hydrogen-bond acceptors (Lipinski definition) is 5. The molecule has 1 amide bonds. The van der Waals surface area contributed by atoms with E-state index in [1.165, 1.54) is 16.6 Å². The average Bonchev–Trinajstić information content (AvgIpc) is 2.61. The van der Waals surface area contributed by atoms with Gasteiger partial charge in [-0.15, -0.1) is 0 Å². The molecule has 8 nitrogen and oxygen atoms in total. The standard InChI is InChI=1S/C18H24N4O4/c1-3-7-14(23)22(12-13-8-5-4-6-9-13)15-16(19)21(10-11-26-2)18(25)20-17(15)24/h4-6,8-9H,3,7,10-12,19H2,1-2H3,(H,20,24,25). The molecule has 0 fully saturated rings. The molecule has 0 aliphatic rings. The monoisotopic (exact) mass is 360 g/mol. The maximum atomic E-state index is 12.7. The van der Waals surface area contributed by atoms with Crippen LogP contribution in [0.15, 0.2) is 39.9 Å². The molecule has 0 unspecified atom stereocenters. The van der Waals surface area contributed by atoms with Crippen molar-refractivity contribution in [3.05, 3.63) is 56.7 Å². The van der Waals surface area contributed by atoms with Crippen molar-refractivity contribution in [2.45, 2.75) is 32.9 Å². The zero-order valence-corrected chi connectivity index (χ0v) is 15.0.